The Morgan fingerprint density at radius 2 is 1.82 bits per heavy atom. The van der Waals surface area contributed by atoms with Crippen LogP contribution in [0.2, 0.25) is 0 Å². The number of ether oxygens (including phenoxy) is 3. The fraction of sp³-hybridized carbons (Fsp3) is 0.467. The van der Waals surface area contributed by atoms with Crippen LogP contribution in [0.15, 0.2) is 18.2 Å². The van der Waals surface area contributed by atoms with Gasteiger partial charge in [0.05, 0.1) is 24.0 Å². The molecule has 1 amide bonds. The molecule has 0 saturated carbocycles. The number of anilines is 1. The molecule has 0 aromatic heterocycles. The van der Waals surface area contributed by atoms with Crippen LogP contribution in [-0.2, 0) is 14.3 Å². The van der Waals surface area contributed by atoms with Gasteiger partial charge in [0, 0.05) is 11.8 Å². The number of rotatable bonds is 3. The molecule has 0 unspecified atom stereocenters. The number of nitrogens with one attached hydrogen (secondary N) is 1. The standard InChI is InChI=1S/C15H15NO6/c17-14(12-9-3-4-10(22-9)13(12)15(18)19)16-7-1-2-8-11(5-7)21-6-20-8/h1-2,5,9-10,12-13H,3-4,6H2,(H,16,17)(H,18,19)/t9-,10+,12+,13-/m1/s1. The lowest BCUT2D eigenvalue weighted by molar-refractivity contribution is -0.147. The maximum absolute atomic E-state index is 12.5. The molecule has 2 saturated heterocycles. The number of hydrogen-bond donors (Lipinski definition) is 2. The number of carboxylic acids is 1. The van der Waals surface area contributed by atoms with Crippen molar-refractivity contribution >= 4 is 17.6 Å². The van der Waals surface area contributed by atoms with Gasteiger partial charge in [-0.3, -0.25) is 9.59 Å². The van der Waals surface area contributed by atoms with E-state index < -0.39 is 17.8 Å². The quantitative estimate of drug-likeness (QED) is 0.872. The Kier molecular flexibility index (Phi) is 2.97. The van der Waals surface area contributed by atoms with Gasteiger partial charge in [-0.1, -0.05) is 0 Å². The van der Waals surface area contributed by atoms with Gasteiger partial charge in [0.2, 0.25) is 12.7 Å². The van der Waals surface area contributed by atoms with Gasteiger partial charge in [-0.25, -0.2) is 0 Å². The minimum absolute atomic E-state index is 0.161. The van der Waals surface area contributed by atoms with E-state index in [-0.39, 0.29) is 24.9 Å². The van der Waals surface area contributed by atoms with Gasteiger partial charge in [-0.2, -0.15) is 0 Å². The van der Waals surface area contributed by atoms with Crippen LogP contribution >= 0.6 is 0 Å². The highest BCUT2D eigenvalue weighted by atomic mass is 16.7. The monoisotopic (exact) mass is 305 g/mol. The van der Waals surface area contributed by atoms with Crippen molar-refractivity contribution < 1.29 is 28.9 Å². The number of fused-ring (bicyclic) bond motifs is 3. The predicted octanol–water partition coefficient (Wildman–Crippen LogP) is 1.23. The number of carbonyl (C=O) groups is 2. The van der Waals surface area contributed by atoms with E-state index in [0.29, 0.717) is 23.6 Å². The molecule has 2 bridgehead atoms. The third-order valence-corrected chi connectivity index (χ3v) is 4.50. The van der Waals surface area contributed by atoms with Gasteiger partial charge >= 0.3 is 5.97 Å². The number of benzene rings is 1. The first-order valence-electron chi connectivity index (χ1n) is 7.22. The molecule has 0 radical (unpaired) electrons. The van der Waals surface area contributed by atoms with Crippen LogP contribution in [0.25, 0.3) is 0 Å². The van der Waals surface area contributed by atoms with Crippen molar-refractivity contribution in [2.45, 2.75) is 25.0 Å². The van der Waals surface area contributed by atoms with Crippen LogP contribution in [0.5, 0.6) is 11.5 Å². The minimum atomic E-state index is -0.974. The number of amides is 1. The van der Waals surface area contributed by atoms with Crippen molar-refractivity contribution in [3.05, 3.63) is 18.2 Å². The second-order valence-corrected chi connectivity index (χ2v) is 5.74. The Balaban J connectivity index is 1.53. The number of carboxylic acid groups (broad SMARTS) is 1. The molecule has 0 spiro atoms. The zero-order valence-electron chi connectivity index (χ0n) is 11.7. The molecule has 7 nitrogen and oxygen atoms in total. The summed E-state index contributed by atoms with van der Waals surface area (Å²) < 4.78 is 16.1. The molecule has 2 fully saturated rings. The summed E-state index contributed by atoms with van der Waals surface area (Å²) in [5.74, 6) is -1.52. The summed E-state index contributed by atoms with van der Waals surface area (Å²) in [7, 11) is 0. The lowest BCUT2D eigenvalue weighted by Crippen LogP contribution is -2.40. The maximum Gasteiger partial charge on any atom is 0.310 e. The van der Waals surface area contributed by atoms with E-state index in [2.05, 4.69) is 5.32 Å². The van der Waals surface area contributed by atoms with E-state index in [4.69, 9.17) is 14.2 Å². The Hall–Kier alpha value is -2.28. The van der Waals surface area contributed by atoms with Crippen molar-refractivity contribution in [2.75, 3.05) is 12.1 Å². The van der Waals surface area contributed by atoms with Gasteiger partial charge in [0.25, 0.3) is 0 Å². The Bertz CT molecular complexity index is 645. The summed E-state index contributed by atoms with van der Waals surface area (Å²) in [4.78, 5) is 23.9. The van der Waals surface area contributed by atoms with Crippen molar-refractivity contribution in [3.8, 4) is 11.5 Å². The summed E-state index contributed by atoms with van der Waals surface area (Å²) in [5, 5.41) is 12.1. The highest BCUT2D eigenvalue weighted by Gasteiger charge is 2.55. The van der Waals surface area contributed by atoms with Crippen molar-refractivity contribution in [3.63, 3.8) is 0 Å². The molecule has 2 N–H and O–H groups in total. The first kappa shape index (κ1) is 13.4. The van der Waals surface area contributed by atoms with Crippen LogP contribution in [-0.4, -0.2) is 36.0 Å². The van der Waals surface area contributed by atoms with Crippen molar-refractivity contribution in [2.24, 2.45) is 11.8 Å². The second kappa shape index (κ2) is 4.88. The average Bonchev–Trinajstić information content (AvgIpc) is 3.20. The lowest BCUT2D eigenvalue weighted by Gasteiger charge is -2.23. The van der Waals surface area contributed by atoms with Gasteiger partial charge in [-0.05, 0) is 25.0 Å². The first-order valence-corrected chi connectivity index (χ1v) is 7.22. The van der Waals surface area contributed by atoms with E-state index in [1.165, 1.54) is 0 Å². The average molecular weight is 305 g/mol. The van der Waals surface area contributed by atoms with Gasteiger partial charge in [0.1, 0.15) is 0 Å². The molecule has 116 valence electrons. The second-order valence-electron chi connectivity index (χ2n) is 5.74. The van der Waals surface area contributed by atoms with Crippen LogP contribution in [0.3, 0.4) is 0 Å². The Labute approximate surface area is 126 Å². The largest absolute Gasteiger partial charge is 0.481 e. The van der Waals surface area contributed by atoms with E-state index >= 15 is 0 Å². The van der Waals surface area contributed by atoms with E-state index in [1.54, 1.807) is 18.2 Å². The summed E-state index contributed by atoms with van der Waals surface area (Å²) in [6, 6.07) is 5.09. The highest BCUT2D eigenvalue weighted by molar-refractivity contribution is 5.96. The number of aliphatic carboxylic acids is 1. The smallest absolute Gasteiger partial charge is 0.310 e. The molecule has 4 atom stereocenters. The van der Waals surface area contributed by atoms with E-state index in [0.717, 1.165) is 6.42 Å². The predicted molar refractivity (Wildman–Crippen MR) is 73.7 cm³/mol. The van der Waals surface area contributed by atoms with Crippen LogP contribution < -0.4 is 14.8 Å². The van der Waals surface area contributed by atoms with Crippen LogP contribution in [0, 0.1) is 11.8 Å². The normalized spacial score (nSPS) is 31.3. The molecule has 4 rings (SSSR count). The van der Waals surface area contributed by atoms with E-state index in [9.17, 15) is 14.7 Å². The molecular weight excluding hydrogens is 290 g/mol. The minimum Gasteiger partial charge on any atom is -0.481 e. The fourth-order valence-corrected chi connectivity index (χ4v) is 3.52. The lowest BCUT2D eigenvalue weighted by atomic mass is 9.78. The molecule has 0 aliphatic carbocycles. The van der Waals surface area contributed by atoms with Gasteiger partial charge < -0.3 is 24.6 Å². The Morgan fingerprint density at radius 3 is 2.59 bits per heavy atom. The highest BCUT2D eigenvalue weighted by Crippen LogP contribution is 2.44. The van der Waals surface area contributed by atoms with Crippen LogP contribution in [0.4, 0.5) is 5.69 Å². The molecular formula is C15H15NO6. The number of carbonyl (C=O) groups excluding carboxylic acids is 1. The first-order chi connectivity index (χ1) is 10.6. The topological polar surface area (TPSA) is 94.1 Å². The molecule has 1 aromatic carbocycles. The van der Waals surface area contributed by atoms with Crippen molar-refractivity contribution in [1.82, 2.24) is 0 Å². The maximum atomic E-state index is 12.5. The SMILES string of the molecule is O=C(Nc1ccc2c(c1)OCO2)[C@@H]1[C@H](C(=O)O)[C@@H]2CC[C@H]1O2. The van der Waals surface area contributed by atoms with E-state index in [1.807, 2.05) is 0 Å². The molecule has 3 aliphatic rings. The molecule has 22 heavy (non-hydrogen) atoms. The van der Waals surface area contributed by atoms with Gasteiger partial charge in [0.15, 0.2) is 11.5 Å². The molecule has 7 heteroatoms. The zero-order valence-corrected chi connectivity index (χ0v) is 11.7. The zero-order chi connectivity index (χ0) is 15.3. The summed E-state index contributed by atoms with van der Waals surface area (Å²) in [5.41, 5.74) is 0.557. The molecule has 1 aromatic rings. The fourth-order valence-electron chi connectivity index (χ4n) is 3.52. The van der Waals surface area contributed by atoms with Crippen molar-refractivity contribution in [1.29, 1.82) is 0 Å². The summed E-state index contributed by atoms with van der Waals surface area (Å²) >= 11 is 0. The summed E-state index contributed by atoms with van der Waals surface area (Å²) in [6.45, 7) is 0.161. The molecule has 3 heterocycles. The van der Waals surface area contributed by atoms with Gasteiger partial charge in [-0.15, -0.1) is 0 Å². The third-order valence-electron chi connectivity index (χ3n) is 4.50. The summed E-state index contributed by atoms with van der Waals surface area (Å²) in [6.07, 6.45) is 0.776. The third kappa shape index (κ3) is 2.00. The molecule has 3 aliphatic heterocycles. The van der Waals surface area contributed by atoms with Crippen LogP contribution in [0.1, 0.15) is 12.8 Å². The number of hydrogen-bond acceptors (Lipinski definition) is 5. The Morgan fingerprint density at radius 1 is 1.09 bits per heavy atom.